The quantitative estimate of drug-likeness (QED) is 0.895. The molecule has 21 heavy (non-hydrogen) atoms. The third-order valence-corrected chi connectivity index (χ3v) is 4.27. The number of carbonyl (C=O) groups excluding carboxylic acids is 1. The molecule has 0 bridgehead atoms. The number of rotatable bonds is 4. The van der Waals surface area contributed by atoms with Gasteiger partial charge in [-0.1, -0.05) is 12.1 Å². The summed E-state index contributed by atoms with van der Waals surface area (Å²) in [7, 11) is 0. The fourth-order valence-electron chi connectivity index (χ4n) is 2.96. The van der Waals surface area contributed by atoms with Crippen LogP contribution in [0.5, 0.6) is 0 Å². The van der Waals surface area contributed by atoms with E-state index >= 15 is 0 Å². The minimum Gasteiger partial charge on any atom is -0.350 e. The van der Waals surface area contributed by atoms with Crippen molar-refractivity contribution in [2.24, 2.45) is 5.92 Å². The number of nitrogens with one attached hydrogen (secondary N) is 2. The van der Waals surface area contributed by atoms with Crippen LogP contribution in [0.1, 0.15) is 48.9 Å². The number of benzene rings is 1. The molecule has 1 aliphatic rings. The number of hydrogen-bond acceptors (Lipinski definition) is 2. The standard InChI is InChI=1S/C17H25FN2O/c1-11-8-15(9-12(2)17(11)18)13(3)20-16(21)10-14-4-6-19-7-5-14/h8-9,13-14,19H,4-7,10H2,1-3H3,(H,20,21)/t13-/m1/s1. The van der Waals surface area contributed by atoms with E-state index < -0.39 is 0 Å². The van der Waals surface area contributed by atoms with Crippen molar-refractivity contribution in [3.8, 4) is 0 Å². The van der Waals surface area contributed by atoms with Crippen molar-refractivity contribution in [3.05, 3.63) is 34.6 Å². The molecule has 1 aliphatic heterocycles. The maximum atomic E-state index is 13.7. The molecule has 0 aliphatic carbocycles. The van der Waals surface area contributed by atoms with Gasteiger partial charge in [0.2, 0.25) is 5.91 Å². The van der Waals surface area contributed by atoms with Crippen molar-refractivity contribution in [1.82, 2.24) is 10.6 Å². The molecule has 1 aromatic rings. The Kier molecular flexibility index (Phi) is 5.34. The van der Waals surface area contributed by atoms with E-state index in [4.69, 9.17) is 0 Å². The first kappa shape index (κ1) is 16.0. The Morgan fingerprint density at radius 2 is 1.90 bits per heavy atom. The molecule has 1 fully saturated rings. The van der Waals surface area contributed by atoms with Crippen LogP contribution in [0.3, 0.4) is 0 Å². The lowest BCUT2D eigenvalue weighted by Crippen LogP contribution is -2.33. The molecule has 1 atom stereocenters. The Bertz CT molecular complexity index is 487. The number of amides is 1. The van der Waals surface area contributed by atoms with E-state index in [1.807, 2.05) is 19.1 Å². The second-order valence-electron chi connectivity index (χ2n) is 6.16. The number of halogens is 1. The second kappa shape index (κ2) is 7.03. The van der Waals surface area contributed by atoms with Gasteiger partial charge in [0, 0.05) is 6.42 Å². The molecule has 1 aromatic carbocycles. The van der Waals surface area contributed by atoms with Crippen molar-refractivity contribution in [3.63, 3.8) is 0 Å². The first-order valence-electron chi connectivity index (χ1n) is 7.74. The normalized spacial score (nSPS) is 17.5. The van der Waals surface area contributed by atoms with E-state index in [9.17, 15) is 9.18 Å². The minimum atomic E-state index is -0.160. The van der Waals surface area contributed by atoms with E-state index in [-0.39, 0.29) is 17.8 Å². The van der Waals surface area contributed by atoms with Crippen molar-refractivity contribution >= 4 is 5.91 Å². The van der Waals surface area contributed by atoms with Gasteiger partial charge in [-0.2, -0.15) is 0 Å². The van der Waals surface area contributed by atoms with Gasteiger partial charge in [-0.3, -0.25) is 4.79 Å². The summed E-state index contributed by atoms with van der Waals surface area (Å²) in [5.41, 5.74) is 2.22. The van der Waals surface area contributed by atoms with Crippen LogP contribution < -0.4 is 10.6 Å². The molecule has 1 heterocycles. The van der Waals surface area contributed by atoms with Gasteiger partial charge >= 0.3 is 0 Å². The zero-order chi connectivity index (χ0) is 15.4. The fraction of sp³-hybridized carbons (Fsp3) is 0.588. The lowest BCUT2D eigenvalue weighted by atomic mass is 9.94. The average molecular weight is 292 g/mol. The predicted octanol–water partition coefficient (Wildman–Crippen LogP) is 3.01. The Balaban J connectivity index is 1.94. The van der Waals surface area contributed by atoms with E-state index in [1.165, 1.54) is 0 Å². The van der Waals surface area contributed by atoms with Gasteiger partial charge in [-0.15, -0.1) is 0 Å². The zero-order valence-corrected chi connectivity index (χ0v) is 13.1. The molecule has 0 saturated carbocycles. The average Bonchev–Trinajstić information content (AvgIpc) is 2.45. The van der Waals surface area contributed by atoms with Gasteiger partial charge in [-0.25, -0.2) is 4.39 Å². The highest BCUT2D eigenvalue weighted by Crippen LogP contribution is 2.21. The third kappa shape index (κ3) is 4.27. The van der Waals surface area contributed by atoms with Crippen LogP contribution >= 0.6 is 0 Å². The molecule has 2 rings (SSSR count). The lowest BCUT2D eigenvalue weighted by molar-refractivity contribution is -0.122. The molecule has 4 heteroatoms. The molecule has 1 amide bonds. The first-order valence-corrected chi connectivity index (χ1v) is 7.74. The molecule has 0 aromatic heterocycles. The summed E-state index contributed by atoms with van der Waals surface area (Å²) in [6.07, 6.45) is 2.72. The van der Waals surface area contributed by atoms with Gasteiger partial charge in [0.05, 0.1) is 6.04 Å². The summed E-state index contributed by atoms with van der Waals surface area (Å²) in [6.45, 7) is 7.48. The van der Waals surface area contributed by atoms with Crippen LogP contribution in [0.2, 0.25) is 0 Å². The Morgan fingerprint density at radius 3 is 2.48 bits per heavy atom. The van der Waals surface area contributed by atoms with Crippen molar-refractivity contribution in [2.45, 2.75) is 46.1 Å². The summed E-state index contributed by atoms with van der Waals surface area (Å²) in [5.74, 6) is 0.413. The summed E-state index contributed by atoms with van der Waals surface area (Å²) >= 11 is 0. The molecular weight excluding hydrogens is 267 g/mol. The van der Waals surface area contributed by atoms with Crippen molar-refractivity contribution in [2.75, 3.05) is 13.1 Å². The van der Waals surface area contributed by atoms with Crippen LogP contribution in [-0.4, -0.2) is 19.0 Å². The summed E-state index contributed by atoms with van der Waals surface area (Å²) in [6, 6.07) is 3.55. The molecule has 0 radical (unpaired) electrons. The number of aryl methyl sites for hydroxylation is 2. The first-order chi connectivity index (χ1) is 9.97. The SMILES string of the molecule is Cc1cc([C@@H](C)NC(=O)CC2CCNCC2)cc(C)c1F. The molecule has 0 unspecified atom stereocenters. The van der Waals surface area contributed by atoms with Crippen LogP contribution in [-0.2, 0) is 4.79 Å². The van der Waals surface area contributed by atoms with E-state index in [1.54, 1.807) is 13.8 Å². The maximum Gasteiger partial charge on any atom is 0.220 e. The van der Waals surface area contributed by atoms with E-state index in [0.29, 0.717) is 23.5 Å². The molecule has 2 N–H and O–H groups in total. The topological polar surface area (TPSA) is 41.1 Å². The van der Waals surface area contributed by atoms with Gasteiger partial charge in [-0.05, 0) is 69.3 Å². The van der Waals surface area contributed by atoms with E-state index in [0.717, 1.165) is 31.5 Å². The Hall–Kier alpha value is -1.42. The van der Waals surface area contributed by atoms with Crippen LogP contribution in [0.15, 0.2) is 12.1 Å². The lowest BCUT2D eigenvalue weighted by Gasteiger charge is -2.23. The predicted molar refractivity (Wildman–Crippen MR) is 82.6 cm³/mol. The summed E-state index contributed by atoms with van der Waals surface area (Å²) in [4.78, 5) is 12.1. The summed E-state index contributed by atoms with van der Waals surface area (Å²) in [5, 5.41) is 6.34. The number of piperidine rings is 1. The molecular formula is C17H25FN2O. The third-order valence-electron chi connectivity index (χ3n) is 4.27. The van der Waals surface area contributed by atoms with E-state index in [2.05, 4.69) is 10.6 Å². The fourth-order valence-corrected chi connectivity index (χ4v) is 2.96. The Morgan fingerprint density at radius 1 is 1.33 bits per heavy atom. The highest BCUT2D eigenvalue weighted by molar-refractivity contribution is 5.76. The van der Waals surface area contributed by atoms with Crippen LogP contribution in [0.25, 0.3) is 0 Å². The van der Waals surface area contributed by atoms with Crippen LogP contribution in [0, 0.1) is 25.6 Å². The molecule has 116 valence electrons. The largest absolute Gasteiger partial charge is 0.350 e. The number of hydrogen-bond donors (Lipinski definition) is 2. The highest BCUT2D eigenvalue weighted by atomic mass is 19.1. The van der Waals surface area contributed by atoms with Crippen LogP contribution in [0.4, 0.5) is 4.39 Å². The number of carbonyl (C=O) groups is 1. The van der Waals surface area contributed by atoms with Gasteiger partial charge < -0.3 is 10.6 Å². The zero-order valence-electron chi connectivity index (χ0n) is 13.1. The Labute approximate surface area is 126 Å². The summed E-state index contributed by atoms with van der Waals surface area (Å²) < 4.78 is 13.7. The van der Waals surface area contributed by atoms with Crippen molar-refractivity contribution in [1.29, 1.82) is 0 Å². The minimum absolute atomic E-state index is 0.0859. The monoisotopic (exact) mass is 292 g/mol. The van der Waals surface area contributed by atoms with Gasteiger partial charge in [0.15, 0.2) is 0 Å². The smallest absolute Gasteiger partial charge is 0.220 e. The second-order valence-corrected chi connectivity index (χ2v) is 6.16. The highest BCUT2D eigenvalue weighted by Gasteiger charge is 2.18. The van der Waals surface area contributed by atoms with Gasteiger partial charge in [0.25, 0.3) is 0 Å². The van der Waals surface area contributed by atoms with Gasteiger partial charge in [0.1, 0.15) is 5.82 Å². The molecule has 3 nitrogen and oxygen atoms in total. The molecule has 0 spiro atoms. The molecule has 1 saturated heterocycles. The maximum absolute atomic E-state index is 13.7. The van der Waals surface area contributed by atoms with Crippen molar-refractivity contribution < 1.29 is 9.18 Å².